The molecule has 0 spiro atoms. The van der Waals surface area contributed by atoms with E-state index in [9.17, 15) is 0 Å². The third-order valence-electron chi connectivity index (χ3n) is 3.06. The Kier molecular flexibility index (Phi) is 3.50. The molecule has 1 fully saturated rings. The van der Waals surface area contributed by atoms with Crippen molar-refractivity contribution in [3.63, 3.8) is 0 Å². The second kappa shape index (κ2) is 4.90. The van der Waals surface area contributed by atoms with Gasteiger partial charge in [0.1, 0.15) is 17.5 Å². The van der Waals surface area contributed by atoms with Gasteiger partial charge >= 0.3 is 0 Å². The van der Waals surface area contributed by atoms with Gasteiger partial charge in [-0.05, 0) is 19.8 Å². The SMILES string of the molecule is CCNc1cc(N(C)C2CC2)nc(C(C)C)n1. The first-order valence-corrected chi connectivity index (χ1v) is 6.47. The van der Waals surface area contributed by atoms with E-state index in [0.29, 0.717) is 12.0 Å². The van der Waals surface area contributed by atoms with Crippen LogP contribution in [-0.4, -0.2) is 29.6 Å². The molecule has 1 aliphatic rings. The van der Waals surface area contributed by atoms with E-state index in [-0.39, 0.29) is 0 Å². The fourth-order valence-corrected chi connectivity index (χ4v) is 1.81. The van der Waals surface area contributed by atoms with Gasteiger partial charge in [0.2, 0.25) is 0 Å². The van der Waals surface area contributed by atoms with Crippen LogP contribution in [0, 0.1) is 0 Å². The van der Waals surface area contributed by atoms with Crippen LogP contribution in [0.15, 0.2) is 6.07 Å². The van der Waals surface area contributed by atoms with Gasteiger partial charge in [-0.2, -0.15) is 0 Å². The second-order valence-electron chi connectivity index (χ2n) is 5.00. The largest absolute Gasteiger partial charge is 0.370 e. The topological polar surface area (TPSA) is 41.0 Å². The van der Waals surface area contributed by atoms with E-state index in [0.717, 1.165) is 24.0 Å². The van der Waals surface area contributed by atoms with Gasteiger partial charge in [0, 0.05) is 31.6 Å². The predicted molar refractivity (Wildman–Crippen MR) is 71.7 cm³/mol. The van der Waals surface area contributed by atoms with Gasteiger partial charge in [-0.3, -0.25) is 0 Å². The maximum atomic E-state index is 4.65. The van der Waals surface area contributed by atoms with Crippen LogP contribution in [0.25, 0.3) is 0 Å². The number of aromatic nitrogens is 2. The van der Waals surface area contributed by atoms with E-state index >= 15 is 0 Å². The first-order chi connectivity index (χ1) is 8.11. The van der Waals surface area contributed by atoms with E-state index in [2.05, 4.69) is 48.0 Å². The Hall–Kier alpha value is -1.32. The number of anilines is 2. The molecule has 0 atom stereocenters. The van der Waals surface area contributed by atoms with Crippen LogP contribution in [-0.2, 0) is 0 Å². The lowest BCUT2D eigenvalue weighted by molar-refractivity contribution is 0.762. The summed E-state index contributed by atoms with van der Waals surface area (Å²) in [5.41, 5.74) is 0. The maximum Gasteiger partial charge on any atom is 0.135 e. The van der Waals surface area contributed by atoms with Crippen molar-refractivity contribution < 1.29 is 0 Å². The van der Waals surface area contributed by atoms with Gasteiger partial charge in [-0.15, -0.1) is 0 Å². The van der Waals surface area contributed by atoms with Gasteiger partial charge in [0.15, 0.2) is 0 Å². The Morgan fingerprint density at radius 2 is 2.12 bits per heavy atom. The van der Waals surface area contributed by atoms with Gasteiger partial charge in [-0.25, -0.2) is 9.97 Å². The fraction of sp³-hybridized carbons (Fsp3) is 0.692. The van der Waals surface area contributed by atoms with Crippen molar-refractivity contribution in [2.75, 3.05) is 23.8 Å². The van der Waals surface area contributed by atoms with Gasteiger partial charge < -0.3 is 10.2 Å². The molecule has 0 unspecified atom stereocenters. The average Bonchev–Trinajstić information content (AvgIpc) is 3.12. The lowest BCUT2D eigenvalue weighted by Crippen LogP contribution is -2.22. The molecule has 1 saturated carbocycles. The molecule has 17 heavy (non-hydrogen) atoms. The van der Waals surface area contributed by atoms with E-state index in [1.165, 1.54) is 12.8 Å². The smallest absolute Gasteiger partial charge is 0.135 e. The first-order valence-electron chi connectivity index (χ1n) is 6.47. The highest BCUT2D eigenvalue weighted by Crippen LogP contribution is 2.30. The molecule has 0 aromatic carbocycles. The van der Waals surface area contributed by atoms with Crippen molar-refractivity contribution >= 4 is 11.6 Å². The molecule has 1 aliphatic carbocycles. The van der Waals surface area contributed by atoms with E-state index in [4.69, 9.17) is 0 Å². The van der Waals surface area contributed by atoms with Crippen LogP contribution in [0.3, 0.4) is 0 Å². The highest BCUT2D eigenvalue weighted by molar-refractivity contribution is 5.50. The van der Waals surface area contributed by atoms with Gasteiger partial charge in [0.05, 0.1) is 0 Å². The molecule has 0 amide bonds. The van der Waals surface area contributed by atoms with Crippen LogP contribution in [0.4, 0.5) is 11.6 Å². The summed E-state index contributed by atoms with van der Waals surface area (Å²) >= 11 is 0. The highest BCUT2D eigenvalue weighted by atomic mass is 15.2. The van der Waals surface area contributed by atoms with Crippen molar-refractivity contribution in [3.8, 4) is 0 Å². The van der Waals surface area contributed by atoms with E-state index < -0.39 is 0 Å². The number of rotatable bonds is 5. The highest BCUT2D eigenvalue weighted by Gasteiger charge is 2.27. The van der Waals surface area contributed by atoms with E-state index in [1.54, 1.807) is 0 Å². The van der Waals surface area contributed by atoms with Crippen molar-refractivity contribution in [3.05, 3.63) is 11.9 Å². The number of hydrogen-bond acceptors (Lipinski definition) is 4. The Bertz CT molecular complexity index is 385. The lowest BCUT2D eigenvalue weighted by atomic mass is 10.2. The van der Waals surface area contributed by atoms with Gasteiger partial charge in [0.25, 0.3) is 0 Å². The van der Waals surface area contributed by atoms with Crippen LogP contribution in [0.5, 0.6) is 0 Å². The summed E-state index contributed by atoms with van der Waals surface area (Å²) in [5, 5.41) is 3.28. The monoisotopic (exact) mass is 234 g/mol. The van der Waals surface area contributed by atoms with Crippen LogP contribution in [0.2, 0.25) is 0 Å². The Morgan fingerprint density at radius 3 is 2.65 bits per heavy atom. The predicted octanol–water partition coefficient (Wildman–Crippen LogP) is 2.63. The minimum atomic E-state index is 0.361. The Morgan fingerprint density at radius 1 is 1.41 bits per heavy atom. The minimum Gasteiger partial charge on any atom is -0.370 e. The molecule has 1 heterocycles. The van der Waals surface area contributed by atoms with Crippen molar-refractivity contribution in [2.24, 2.45) is 0 Å². The average molecular weight is 234 g/mol. The zero-order valence-electron chi connectivity index (χ0n) is 11.2. The Labute approximate surface area is 103 Å². The van der Waals surface area contributed by atoms with Crippen molar-refractivity contribution in [2.45, 2.75) is 45.6 Å². The Balaban J connectivity index is 2.29. The molecule has 0 radical (unpaired) electrons. The second-order valence-corrected chi connectivity index (χ2v) is 5.00. The molecule has 0 bridgehead atoms. The zero-order valence-corrected chi connectivity index (χ0v) is 11.2. The molecule has 94 valence electrons. The molecule has 4 nitrogen and oxygen atoms in total. The number of hydrogen-bond donors (Lipinski definition) is 1. The summed E-state index contributed by atoms with van der Waals surface area (Å²) in [5.74, 6) is 3.27. The quantitative estimate of drug-likeness (QED) is 0.850. The fourth-order valence-electron chi connectivity index (χ4n) is 1.81. The van der Waals surface area contributed by atoms with Crippen LogP contribution >= 0.6 is 0 Å². The summed E-state index contributed by atoms with van der Waals surface area (Å²) in [7, 11) is 2.12. The molecule has 1 aromatic heterocycles. The number of nitrogens with zero attached hydrogens (tertiary/aromatic N) is 3. The maximum absolute atomic E-state index is 4.65. The molecule has 4 heteroatoms. The molecule has 0 aliphatic heterocycles. The normalized spacial score (nSPS) is 15.1. The van der Waals surface area contributed by atoms with Crippen LogP contribution < -0.4 is 10.2 Å². The van der Waals surface area contributed by atoms with Crippen LogP contribution in [0.1, 0.15) is 45.4 Å². The number of nitrogens with one attached hydrogen (secondary N) is 1. The molecule has 1 N–H and O–H groups in total. The first kappa shape index (κ1) is 12.1. The van der Waals surface area contributed by atoms with Crippen molar-refractivity contribution in [1.82, 2.24) is 9.97 Å². The standard InChI is InChI=1S/C13H22N4/c1-5-14-11-8-12(17(4)10-6-7-10)16-13(15-11)9(2)3/h8-10H,5-7H2,1-4H3,(H,14,15,16). The lowest BCUT2D eigenvalue weighted by Gasteiger charge is -2.19. The molecule has 1 aromatic rings. The molecule has 0 saturated heterocycles. The summed E-state index contributed by atoms with van der Waals surface area (Å²) in [4.78, 5) is 11.5. The minimum absolute atomic E-state index is 0.361. The summed E-state index contributed by atoms with van der Waals surface area (Å²) in [6, 6.07) is 2.73. The molecular formula is C13H22N4. The third-order valence-corrected chi connectivity index (χ3v) is 3.06. The molecule has 2 rings (SSSR count). The third kappa shape index (κ3) is 2.87. The summed E-state index contributed by atoms with van der Waals surface area (Å²) in [6.07, 6.45) is 2.57. The van der Waals surface area contributed by atoms with Crippen molar-refractivity contribution in [1.29, 1.82) is 0 Å². The molecular weight excluding hydrogens is 212 g/mol. The zero-order chi connectivity index (χ0) is 12.4. The summed E-state index contributed by atoms with van der Waals surface area (Å²) in [6.45, 7) is 7.24. The van der Waals surface area contributed by atoms with Gasteiger partial charge in [-0.1, -0.05) is 13.8 Å². The summed E-state index contributed by atoms with van der Waals surface area (Å²) < 4.78 is 0. The van der Waals surface area contributed by atoms with E-state index in [1.807, 2.05) is 6.07 Å².